The standard InChI is InChI=1S/C13H22N2O2/c1-9(2)15-10(3)7-12(11(15)4)8-14-6-5-13(16)17/h7,9,14H,5-6,8H2,1-4H3,(H,16,17). The lowest BCUT2D eigenvalue weighted by Crippen LogP contribution is -2.18. The monoisotopic (exact) mass is 238 g/mol. The molecule has 0 spiro atoms. The van der Waals surface area contributed by atoms with Crippen molar-refractivity contribution in [2.24, 2.45) is 0 Å². The Morgan fingerprint density at radius 1 is 1.47 bits per heavy atom. The second-order valence-corrected chi connectivity index (χ2v) is 4.68. The molecule has 2 N–H and O–H groups in total. The molecule has 0 aromatic carbocycles. The number of carboxylic acids is 1. The minimum absolute atomic E-state index is 0.170. The van der Waals surface area contributed by atoms with Crippen LogP contribution in [0.5, 0.6) is 0 Å². The number of aromatic nitrogens is 1. The van der Waals surface area contributed by atoms with Crippen LogP contribution in [0.25, 0.3) is 0 Å². The molecule has 0 unspecified atom stereocenters. The van der Waals surface area contributed by atoms with E-state index in [1.54, 1.807) is 0 Å². The molecule has 0 saturated carbocycles. The van der Waals surface area contributed by atoms with Gasteiger partial charge in [0.1, 0.15) is 0 Å². The zero-order valence-corrected chi connectivity index (χ0v) is 11.1. The van der Waals surface area contributed by atoms with Gasteiger partial charge in [-0.25, -0.2) is 0 Å². The van der Waals surface area contributed by atoms with Crippen LogP contribution in [0.3, 0.4) is 0 Å². The highest BCUT2D eigenvalue weighted by atomic mass is 16.4. The van der Waals surface area contributed by atoms with Gasteiger partial charge in [-0.1, -0.05) is 0 Å². The molecule has 1 rings (SSSR count). The highest BCUT2D eigenvalue weighted by molar-refractivity contribution is 5.66. The SMILES string of the molecule is Cc1cc(CNCCC(=O)O)c(C)n1C(C)C. The molecule has 0 bridgehead atoms. The Morgan fingerprint density at radius 2 is 2.12 bits per heavy atom. The summed E-state index contributed by atoms with van der Waals surface area (Å²) in [6.07, 6.45) is 0.170. The number of nitrogens with one attached hydrogen (secondary N) is 1. The normalized spacial score (nSPS) is 11.1. The highest BCUT2D eigenvalue weighted by Gasteiger charge is 2.10. The van der Waals surface area contributed by atoms with Gasteiger partial charge >= 0.3 is 5.97 Å². The number of hydrogen-bond acceptors (Lipinski definition) is 2. The van der Waals surface area contributed by atoms with Crippen molar-refractivity contribution in [3.8, 4) is 0 Å². The van der Waals surface area contributed by atoms with Crippen molar-refractivity contribution < 1.29 is 9.90 Å². The fourth-order valence-electron chi connectivity index (χ4n) is 2.24. The van der Waals surface area contributed by atoms with Gasteiger partial charge in [0.15, 0.2) is 0 Å². The third-order valence-corrected chi connectivity index (χ3v) is 2.94. The number of rotatable bonds is 6. The average molecular weight is 238 g/mol. The van der Waals surface area contributed by atoms with Crippen LogP contribution >= 0.6 is 0 Å². The van der Waals surface area contributed by atoms with Crippen LogP contribution in [-0.2, 0) is 11.3 Å². The van der Waals surface area contributed by atoms with Gasteiger partial charge in [-0.3, -0.25) is 4.79 Å². The molecule has 4 heteroatoms. The fourth-order valence-corrected chi connectivity index (χ4v) is 2.24. The van der Waals surface area contributed by atoms with E-state index in [0.717, 1.165) is 6.54 Å². The van der Waals surface area contributed by atoms with Gasteiger partial charge in [0, 0.05) is 30.5 Å². The first-order valence-electron chi connectivity index (χ1n) is 6.03. The van der Waals surface area contributed by atoms with Crippen molar-refractivity contribution in [3.05, 3.63) is 23.0 Å². The molecule has 1 aromatic rings. The smallest absolute Gasteiger partial charge is 0.304 e. The van der Waals surface area contributed by atoms with Crippen LogP contribution in [0.2, 0.25) is 0 Å². The Labute approximate surface area is 103 Å². The lowest BCUT2D eigenvalue weighted by atomic mass is 10.2. The van der Waals surface area contributed by atoms with Crippen molar-refractivity contribution in [3.63, 3.8) is 0 Å². The van der Waals surface area contributed by atoms with E-state index in [-0.39, 0.29) is 6.42 Å². The topological polar surface area (TPSA) is 54.3 Å². The van der Waals surface area contributed by atoms with Gasteiger partial charge < -0.3 is 15.0 Å². The van der Waals surface area contributed by atoms with Crippen LogP contribution in [0.15, 0.2) is 6.07 Å². The summed E-state index contributed by atoms with van der Waals surface area (Å²) in [5, 5.41) is 11.7. The Kier molecular flexibility index (Phi) is 4.75. The largest absolute Gasteiger partial charge is 0.481 e. The van der Waals surface area contributed by atoms with E-state index >= 15 is 0 Å². The third kappa shape index (κ3) is 3.60. The maximum atomic E-state index is 10.4. The summed E-state index contributed by atoms with van der Waals surface area (Å²) >= 11 is 0. The molecule has 0 radical (unpaired) electrons. The fraction of sp³-hybridized carbons (Fsp3) is 0.615. The molecule has 96 valence electrons. The molecule has 0 aliphatic rings. The number of carbonyl (C=O) groups is 1. The van der Waals surface area contributed by atoms with Gasteiger partial charge in [0.2, 0.25) is 0 Å². The summed E-state index contributed by atoms with van der Waals surface area (Å²) in [6, 6.07) is 2.63. The van der Waals surface area contributed by atoms with Crippen molar-refractivity contribution in [1.29, 1.82) is 0 Å². The quantitative estimate of drug-likeness (QED) is 0.747. The lowest BCUT2D eigenvalue weighted by Gasteiger charge is -2.13. The Balaban J connectivity index is 2.60. The summed E-state index contributed by atoms with van der Waals surface area (Å²) in [7, 11) is 0. The zero-order valence-electron chi connectivity index (χ0n) is 11.1. The van der Waals surface area contributed by atoms with Gasteiger partial charge in [-0.05, 0) is 39.3 Å². The van der Waals surface area contributed by atoms with Crippen molar-refractivity contribution in [2.45, 2.75) is 46.7 Å². The van der Waals surface area contributed by atoms with Crippen LogP contribution < -0.4 is 5.32 Å². The third-order valence-electron chi connectivity index (χ3n) is 2.94. The first-order valence-corrected chi connectivity index (χ1v) is 6.03. The van der Waals surface area contributed by atoms with Gasteiger partial charge in [0.25, 0.3) is 0 Å². The minimum atomic E-state index is -0.759. The Bertz CT molecular complexity index is 394. The van der Waals surface area contributed by atoms with Crippen molar-refractivity contribution in [2.75, 3.05) is 6.54 Å². The van der Waals surface area contributed by atoms with Crippen LogP contribution in [0.1, 0.15) is 43.3 Å². The number of hydrogen-bond donors (Lipinski definition) is 2. The van der Waals surface area contributed by atoms with E-state index in [1.165, 1.54) is 17.0 Å². The molecule has 17 heavy (non-hydrogen) atoms. The lowest BCUT2D eigenvalue weighted by molar-refractivity contribution is -0.136. The van der Waals surface area contributed by atoms with Crippen molar-refractivity contribution in [1.82, 2.24) is 9.88 Å². The number of aliphatic carboxylic acids is 1. The summed E-state index contributed by atoms with van der Waals surface area (Å²) in [4.78, 5) is 10.4. The Hall–Kier alpha value is -1.29. The molecular weight excluding hydrogens is 216 g/mol. The van der Waals surface area contributed by atoms with Gasteiger partial charge in [0.05, 0.1) is 6.42 Å². The van der Waals surface area contributed by atoms with Crippen LogP contribution in [0, 0.1) is 13.8 Å². The van der Waals surface area contributed by atoms with Crippen LogP contribution in [-0.4, -0.2) is 22.2 Å². The van der Waals surface area contributed by atoms with Crippen LogP contribution in [0.4, 0.5) is 0 Å². The van der Waals surface area contributed by atoms with E-state index in [1.807, 2.05) is 0 Å². The van der Waals surface area contributed by atoms with Crippen molar-refractivity contribution >= 4 is 5.97 Å². The second kappa shape index (κ2) is 5.87. The molecular formula is C13H22N2O2. The molecule has 0 saturated heterocycles. The maximum absolute atomic E-state index is 10.4. The number of aryl methyl sites for hydroxylation is 1. The van der Waals surface area contributed by atoms with E-state index < -0.39 is 5.97 Å². The van der Waals surface area contributed by atoms with E-state index in [2.05, 4.69) is 43.6 Å². The summed E-state index contributed by atoms with van der Waals surface area (Å²) in [5.74, 6) is -0.759. The molecule has 0 aliphatic carbocycles. The predicted molar refractivity (Wildman–Crippen MR) is 68.3 cm³/mol. The maximum Gasteiger partial charge on any atom is 0.304 e. The minimum Gasteiger partial charge on any atom is -0.481 e. The first kappa shape index (κ1) is 13.8. The molecule has 4 nitrogen and oxygen atoms in total. The molecule has 0 aliphatic heterocycles. The number of nitrogens with zero attached hydrogens (tertiary/aromatic N) is 1. The molecule has 0 atom stereocenters. The highest BCUT2D eigenvalue weighted by Crippen LogP contribution is 2.19. The zero-order chi connectivity index (χ0) is 13.0. The first-order chi connectivity index (χ1) is 7.93. The predicted octanol–water partition coefficient (Wildman–Crippen LogP) is 2.25. The summed E-state index contributed by atoms with van der Waals surface area (Å²) in [6.45, 7) is 9.80. The second-order valence-electron chi connectivity index (χ2n) is 4.68. The van der Waals surface area contributed by atoms with Gasteiger partial charge in [-0.15, -0.1) is 0 Å². The van der Waals surface area contributed by atoms with E-state index in [4.69, 9.17) is 5.11 Å². The number of carboxylic acid groups (broad SMARTS) is 1. The van der Waals surface area contributed by atoms with E-state index in [0.29, 0.717) is 12.6 Å². The molecule has 1 aromatic heterocycles. The summed E-state index contributed by atoms with van der Waals surface area (Å²) in [5.41, 5.74) is 3.77. The molecule has 0 amide bonds. The van der Waals surface area contributed by atoms with E-state index in [9.17, 15) is 4.79 Å². The van der Waals surface area contributed by atoms with Gasteiger partial charge in [-0.2, -0.15) is 0 Å². The Morgan fingerprint density at radius 3 is 2.59 bits per heavy atom. The molecule has 0 fully saturated rings. The summed E-state index contributed by atoms with van der Waals surface area (Å²) < 4.78 is 2.30. The molecule has 1 heterocycles. The average Bonchev–Trinajstić information content (AvgIpc) is 2.48.